The molecule has 1 heterocycles. The van der Waals surface area contributed by atoms with Gasteiger partial charge in [0.15, 0.2) is 0 Å². The minimum Gasteiger partial charge on any atom is -0.490 e. The number of fused-ring (bicyclic) bond motifs is 1. The second-order valence-electron chi connectivity index (χ2n) is 5.03. The van der Waals surface area contributed by atoms with Gasteiger partial charge in [-0.2, -0.15) is 0 Å². The fourth-order valence-corrected chi connectivity index (χ4v) is 2.64. The highest BCUT2D eigenvalue weighted by molar-refractivity contribution is 6.32. The topological polar surface area (TPSA) is 89.8 Å². The maximum absolute atomic E-state index is 12.2. The first-order valence-corrected chi connectivity index (χ1v) is 7.39. The Morgan fingerprint density at radius 3 is 2.25 bits per heavy atom. The third-order valence-corrected chi connectivity index (χ3v) is 3.87. The molecule has 0 unspecified atom stereocenters. The van der Waals surface area contributed by atoms with Crippen LogP contribution in [0.5, 0.6) is 5.75 Å². The van der Waals surface area contributed by atoms with Gasteiger partial charge in [0.25, 0.3) is 17.5 Å². The zero-order valence-corrected chi connectivity index (χ0v) is 13.0. The average molecular weight is 347 g/mol. The molecule has 0 fully saturated rings. The van der Waals surface area contributed by atoms with Crippen LogP contribution in [0.3, 0.4) is 0 Å². The fourth-order valence-electron chi connectivity index (χ4n) is 2.41. The smallest absolute Gasteiger partial charge is 0.271 e. The van der Waals surface area contributed by atoms with E-state index in [4.69, 9.17) is 16.3 Å². The van der Waals surface area contributed by atoms with E-state index in [1.165, 1.54) is 18.2 Å². The Hall–Kier alpha value is -2.93. The highest BCUT2D eigenvalue weighted by Crippen LogP contribution is 2.29. The zero-order valence-electron chi connectivity index (χ0n) is 12.3. The van der Waals surface area contributed by atoms with E-state index in [9.17, 15) is 19.7 Å². The summed E-state index contributed by atoms with van der Waals surface area (Å²) in [5, 5.41) is 10.7. The minimum absolute atomic E-state index is 0.0308. The molecule has 2 aromatic rings. The summed E-state index contributed by atoms with van der Waals surface area (Å²) in [6.07, 6.45) is 0. The van der Waals surface area contributed by atoms with Crippen LogP contribution in [0.4, 0.5) is 5.69 Å². The van der Waals surface area contributed by atoms with Crippen molar-refractivity contribution in [3.05, 3.63) is 68.7 Å². The van der Waals surface area contributed by atoms with Crippen LogP contribution in [0.15, 0.2) is 42.5 Å². The van der Waals surface area contributed by atoms with Gasteiger partial charge in [0.2, 0.25) is 0 Å². The third-order valence-electron chi connectivity index (χ3n) is 3.58. The van der Waals surface area contributed by atoms with Crippen molar-refractivity contribution in [1.29, 1.82) is 0 Å². The van der Waals surface area contributed by atoms with Gasteiger partial charge in [-0.05, 0) is 18.2 Å². The Balaban J connectivity index is 1.65. The molecule has 24 heavy (non-hydrogen) atoms. The van der Waals surface area contributed by atoms with Gasteiger partial charge in [-0.15, -0.1) is 0 Å². The van der Waals surface area contributed by atoms with E-state index in [1.807, 2.05) is 0 Å². The minimum atomic E-state index is -0.561. The largest absolute Gasteiger partial charge is 0.490 e. The fraction of sp³-hybridized carbons (Fsp3) is 0.125. The number of nitro benzene ring substituents is 1. The molecule has 1 aliphatic heterocycles. The van der Waals surface area contributed by atoms with Gasteiger partial charge in [-0.25, -0.2) is 0 Å². The lowest BCUT2D eigenvalue weighted by Crippen LogP contribution is -2.33. The van der Waals surface area contributed by atoms with Crippen molar-refractivity contribution in [2.75, 3.05) is 13.2 Å². The molecule has 0 aromatic heterocycles. The maximum atomic E-state index is 12.2. The van der Waals surface area contributed by atoms with Crippen LogP contribution < -0.4 is 4.74 Å². The second kappa shape index (κ2) is 6.29. The van der Waals surface area contributed by atoms with Crippen molar-refractivity contribution in [1.82, 2.24) is 4.90 Å². The van der Waals surface area contributed by atoms with E-state index < -0.39 is 4.92 Å². The highest BCUT2D eigenvalue weighted by atomic mass is 35.5. The lowest BCUT2D eigenvalue weighted by Gasteiger charge is -2.14. The summed E-state index contributed by atoms with van der Waals surface area (Å²) < 4.78 is 5.43. The van der Waals surface area contributed by atoms with Gasteiger partial charge in [-0.1, -0.05) is 23.7 Å². The van der Waals surface area contributed by atoms with Crippen LogP contribution in [0.25, 0.3) is 0 Å². The molecule has 0 bridgehead atoms. The Kier molecular flexibility index (Phi) is 4.18. The van der Waals surface area contributed by atoms with Crippen molar-refractivity contribution < 1.29 is 19.2 Å². The number of carbonyl (C=O) groups is 2. The number of nitrogens with zero attached hydrogens (tertiary/aromatic N) is 2. The standard InChI is InChI=1S/C16H11ClN2O5/c17-13-9-10(19(22)23)5-6-14(13)24-8-7-18-15(20)11-3-1-2-4-12(11)16(18)21/h1-6,9H,7-8H2. The monoisotopic (exact) mass is 346 g/mol. The van der Waals surface area contributed by atoms with Gasteiger partial charge in [0.05, 0.1) is 27.6 Å². The van der Waals surface area contributed by atoms with E-state index >= 15 is 0 Å². The summed E-state index contributed by atoms with van der Waals surface area (Å²) in [5.74, 6) is -0.484. The number of carbonyl (C=O) groups excluding carboxylic acids is 2. The molecule has 0 atom stereocenters. The van der Waals surface area contributed by atoms with Gasteiger partial charge < -0.3 is 4.74 Å². The highest BCUT2D eigenvalue weighted by Gasteiger charge is 2.34. The summed E-state index contributed by atoms with van der Waals surface area (Å²) in [6.45, 7) is 0.0860. The van der Waals surface area contributed by atoms with Crippen LogP contribution in [0, 0.1) is 10.1 Å². The quantitative estimate of drug-likeness (QED) is 0.471. The molecule has 0 saturated heterocycles. The summed E-state index contributed by atoms with van der Waals surface area (Å²) in [6, 6.07) is 10.4. The van der Waals surface area contributed by atoms with Crippen molar-refractivity contribution in [2.45, 2.75) is 0 Å². The number of halogens is 1. The summed E-state index contributed by atoms with van der Waals surface area (Å²) in [4.78, 5) is 35.6. The third kappa shape index (κ3) is 2.81. The first-order valence-electron chi connectivity index (χ1n) is 7.01. The maximum Gasteiger partial charge on any atom is 0.271 e. The van der Waals surface area contributed by atoms with Gasteiger partial charge in [0, 0.05) is 12.1 Å². The molecule has 3 rings (SSSR count). The van der Waals surface area contributed by atoms with Crippen LogP contribution in [0.2, 0.25) is 5.02 Å². The molecule has 0 N–H and O–H groups in total. The molecule has 0 radical (unpaired) electrons. The molecule has 8 heteroatoms. The number of benzene rings is 2. The molecule has 0 saturated carbocycles. The van der Waals surface area contributed by atoms with Crippen LogP contribution >= 0.6 is 11.6 Å². The number of hydrogen-bond acceptors (Lipinski definition) is 5. The molecule has 0 aliphatic carbocycles. The van der Waals surface area contributed by atoms with Gasteiger partial charge in [-0.3, -0.25) is 24.6 Å². The lowest BCUT2D eigenvalue weighted by molar-refractivity contribution is -0.384. The van der Waals surface area contributed by atoms with Crippen molar-refractivity contribution >= 4 is 29.1 Å². The SMILES string of the molecule is O=C1c2ccccc2C(=O)N1CCOc1ccc([N+](=O)[O-])cc1Cl. The van der Waals surface area contributed by atoms with Gasteiger partial charge in [0.1, 0.15) is 12.4 Å². The van der Waals surface area contributed by atoms with E-state index in [0.717, 1.165) is 4.90 Å². The van der Waals surface area contributed by atoms with E-state index in [-0.39, 0.29) is 41.4 Å². The van der Waals surface area contributed by atoms with E-state index in [0.29, 0.717) is 11.1 Å². The normalized spacial score (nSPS) is 13.1. The average Bonchev–Trinajstić information content (AvgIpc) is 2.81. The lowest BCUT2D eigenvalue weighted by atomic mass is 10.1. The molecular weight excluding hydrogens is 336 g/mol. The number of imide groups is 1. The predicted molar refractivity (Wildman–Crippen MR) is 85.4 cm³/mol. The number of rotatable bonds is 5. The Labute approximate surface area is 141 Å². The molecule has 2 aromatic carbocycles. The van der Waals surface area contributed by atoms with Crippen molar-refractivity contribution in [2.24, 2.45) is 0 Å². The van der Waals surface area contributed by atoms with Crippen LogP contribution in [-0.2, 0) is 0 Å². The summed E-state index contributed by atoms with van der Waals surface area (Å²) in [7, 11) is 0. The number of ether oxygens (including phenoxy) is 1. The Morgan fingerprint density at radius 2 is 1.71 bits per heavy atom. The number of non-ortho nitro benzene ring substituents is 1. The number of nitro groups is 1. The van der Waals surface area contributed by atoms with Gasteiger partial charge >= 0.3 is 0 Å². The number of amides is 2. The van der Waals surface area contributed by atoms with Crippen LogP contribution in [0.1, 0.15) is 20.7 Å². The van der Waals surface area contributed by atoms with Crippen molar-refractivity contribution in [3.8, 4) is 5.75 Å². The molecule has 2 amide bonds. The second-order valence-corrected chi connectivity index (χ2v) is 5.44. The van der Waals surface area contributed by atoms with E-state index in [1.54, 1.807) is 24.3 Å². The van der Waals surface area contributed by atoms with E-state index in [2.05, 4.69) is 0 Å². The molecule has 0 spiro atoms. The Bertz CT molecular complexity index is 817. The van der Waals surface area contributed by atoms with Crippen molar-refractivity contribution in [3.63, 3.8) is 0 Å². The molecule has 7 nitrogen and oxygen atoms in total. The predicted octanol–water partition coefficient (Wildman–Crippen LogP) is 2.92. The summed E-state index contributed by atoms with van der Waals surface area (Å²) in [5.41, 5.74) is 0.597. The Morgan fingerprint density at radius 1 is 1.08 bits per heavy atom. The molecule has 1 aliphatic rings. The first-order chi connectivity index (χ1) is 11.5. The molecule has 122 valence electrons. The first kappa shape index (κ1) is 15.9. The van der Waals surface area contributed by atoms with Crippen LogP contribution in [-0.4, -0.2) is 34.8 Å². The molecular formula is C16H11ClN2O5. The summed E-state index contributed by atoms with van der Waals surface area (Å²) >= 11 is 5.92. The number of hydrogen-bond donors (Lipinski definition) is 0. The zero-order chi connectivity index (χ0) is 17.3.